The van der Waals surface area contributed by atoms with Crippen LogP contribution >= 0.6 is 0 Å². The molecular weight excluding hydrogens is 995 g/mol. The maximum atomic E-state index is 16.8. The molecule has 0 N–H and O–H groups in total. The van der Waals surface area contributed by atoms with E-state index < -0.39 is 85.1 Å². The predicted octanol–water partition coefficient (Wildman–Crippen LogP) is 18.5. The molecule has 0 unspecified atom stereocenters. The number of alkyl halides is 6. The van der Waals surface area contributed by atoms with Crippen LogP contribution in [0.2, 0.25) is 39.3 Å². The Morgan fingerprint density at radius 1 is 0.338 bits per heavy atom. The van der Waals surface area contributed by atoms with Crippen molar-refractivity contribution in [2.24, 2.45) is 0 Å². The number of nitrogens with zero attached hydrogens (tertiary/aromatic N) is 2. The quantitative estimate of drug-likeness (QED) is 0.0765. The van der Waals surface area contributed by atoms with E-state index in [0.29, 0.717) is 56.4 Å². The first-order valence-electron chi connectivity index (χ1n) is 23.7. The third kappa shape index (κ3) is 8.97. The lowest BCUT2D eigenvalue weighted by Crippen LogP contribution is -2.37. The number of rotatable bonds is 10. The van der Waals surface area contributed by atoms with E-state index in [1.807, 2.05) is 60.7 Å². The fourth-order valence-corrected chi connectivity index (χ4v) is 12.3. The zero-order valence-electron chi connectivity index (χ0n) is 40.8. The Balaban J connectivity index is 1.24. The molecule has 0 aliphatic carbocycles. The Morgan fingerprint density at radius 2 is 0.676 bits per heavy atom. The van der Waals surface area contributed by atoms with E-state index >= 15 is 17.6 Å². The molecule has 0 amide bonds. The van der Waals surface area contributed by atoms with Gasteiger partial charge in [-0.2, -0.15) is 26.3 Å². The highest BCUT2D eigenvalue weighted by molar-refractivity contribution is 6.89. The van der Waals surface area contributed by atoms with E-state index in [-0.39, 0.29) is 11.4 Å². The molecule has 0 aliphatic heterocycles. The van der Waals surface area contributed by atoms with Gasteiger partial charge < -0.3 is 9.80 Å². The van der Waals surface area contributed by atoms with Gasteiger partial charge in [0.2, 0.25) is 0 Å². The highest BCUT2D eigenvalue weighted by Gasteiger charge is 2.36. The highest BCUT2D eigenvalue weighted by atomic mass is 28.3. The largest absolute Gasteiger partial charge is 0.417 e. The zero-order chi connectivity index (χ0) is 52.8. The normalized spacial score (nSPS) is 12.6. The van der Waals surface area contributed by atoms with Crippen molar-refractivity contribution in [2.75, 3.05) is 9.80 Å². The third-order valence-corrected chi connectivity index (χ3v) is 17.8. The first-order chi connectivity index (χ1) is 34.9. The summed E-state index contributed by atoms with van der Waals surface area (Å²) in [5.41, 5.74) is -2.83. The Labute approximate surface area is 423 Å². The van der Waals surface area contributed by atoms with Gasteiger partial charge in [-0.05, 0) is 93.3 Å². The van der Waals surface area contributed by atoms with Crippen molar-refractivity contribution in [3.63, 3.8) is 0 Å². The molecule has 0 aromatic heterocycles. The Hall–Kier alpha value is -7.43. The Morgan fingerprint density at radius 3 is 1.01 bits per heavy atom. The number of hydrogen-bond acceptors (Lipinski definition) is 2. The summed E-state index contributed by atoms with van der Waals surface area (Å²) in [7, 11) is -3.77. The molecule has 374 valence electrons. The minimum Gasteiger partial charge on any atom is -0.307 e. The summed E-state index contributed by atoms with van der Waals surface area (Å²) in [6.45, 7) is 13.0. The van der Waals surface area contributed by atoms with E-state index in [4.69, 9.17) is 0 Å². The first kappa shape index (κ1) is 50.1. The lowest BCUT2D eigenvalue weighted by molar-refractivity contribution is -0.137. The van der Waals surface area contributed by atoms with Gasteiger partial charge >= 0.3 is 12.4 Å². The summed E-state index contributed by atoms with van der Waals surface area (Å²) in [6, 6.07) is 42.0. The second-order valence-corrected chi connectivity index (χ2v) is 30.7. The molecule has 0 aliphatic rings. The number of hydrogen-bond donors (Lipinski definition) is 0. The Bertz CT molecular complexity index is 3530. The minimum atomic E-state index is -4.86. The van der Waals surface area contributed by atoms with Crippen LogP contribution in [-0.2, 0) is 12.4 Å². The van der Waals surface area contributed by atoms with Crippen LogP contribution < -0.4 is 20.2 Å². The van der Waals surface area contributed by atoms with E-state index in [1.165, 1.54) is 24.3 Å². The van der Waals surface area contributed by atoms with Gasteiger partial charge in [0.05, 0.1) is 50.0 Å². The van der Waals surface area contributed by atoms with Gasteiger partial charge in [-0.25, -0.2) is 17.6 Å². The van der Waals surface area contributed by atoms with Crippen molar-refractivity contribution < 1.29 is 43.9 Å². The van der Waals surface area contributed by atoms with Gasteiger partial charge in [-0.15, -0.1) is 0 Å². The van der Waals surface area contributed by atoms with Crippen LogP contribution in [-0.4, -0.2) is 16.1 Å². The molecule has 10 rings (SSSR count). The SMILES string of the molecule is C[Si](C)(C)c1ccc(N(c2cc(-c3ccccc3C(F)(F)F)c(F)cc2F)c2ccc3ccc4c(N(c5ccc([Si](C)(C)C)cc5)c5cc(-c6ccccc6C(F)(F)F)c(F)cc5F)ccc5ccc2c3c54)cc1. The highest BCUT2D eigenvalue weighted by Crippen LogP contribution is 2.50. The van der Waals surface area contributed by atoms with Crippen LogP contribution in [0.15, 0.2) is 170 Å². The summed E-state index contributed by atoms with van der Waals surface area (Å²) >= 11 is 0. The van der Waals surface area contributed by atoms with Crippen LogP contribution in [0.1, 0.15) is 11.1 Å². The average molecular weight is 1040 g/mol. The molecule has 10 aromatic rings. The van der Waals surface area contributed by atoms with Crippen LogP contribution in [0.5, 0.6) is 0 Å². The topological polar surface area (TPSA) is 6.48 Å². The van der Waals surface area contributed by atoms with Gasteiger partial charge in [0.25, 0.3) is 0 Å². The molecule has 0 spiro atoms. The van der Waals surface area contributed by atoms with Crippen molar-refractivity contribution in [3.8, 4) is 22.3 Å². The molecule has 0 radical (unpaired) electrons. The zero-order valence-corrected chi connectivity index (χ0v) is 42.8. The van der Waals surface area contributed by atoms with Crippen LogP contribution in [0.25, 0.3) is 54.6 Å². The number of benzene rings is 10. The van der Waals surface area contributed by atoms with Crippen molar-refractivity contribution in [1.29, 1.82) is 0 Å². The maximum absolute atomic E-state index is 16.8. The van der Waals surface area contributed by atoms with Gasteiger partial charge in [0.1, 0.15) is 23.3 Å². The number of halogens is 10. The number of anilines is 6. The van der Waals surface area contributed by atoms with Crippen molar-refractivity contribution >= 4 is 93.0 Å². The van der Waals surface area contributed by atoms with E-state index in [2.05, 4.69) is 39.3 Å². The van der Waals surface area contributed by atoms with Gasteiger partial charge in [-0.1, -0.05) is 147 Å². The van der Waals surface area contributed by atoms with Crippen molar-refractivity contribution in [3.05, 3.63) is 204 Å². The smallest absolute Gasteiger partial charge is 0.307 e. The summed E-state index contributed by atoms with van der Waals surface area (Å²) in [5.74, 6) is -4.44. The van der Waals surface area contributed by atoms with Crippen molar-refractivity contribution in [2.45, 2.75) is 51.6 Å². The second-order valence-electron chi connectivity index (χ2n) is 20.5. The monoisotopic (exact) mass is 1040 g/mol. The lowest BCUT2D eigenvalue weighted by Gasteiger charge is -2.30. The Kier molecular flexibility index (Phi) is 12.3. The standard InChI is InChI=1S/C60H46F10N2Si2/c1-73(2,3)39-23-19-37(20-24-39)71(55-31-45(49(61)33-51(55)63)41-11-7-9-13-47(41)59(65,66)67)53-29-17-35-16-28-44-54(30-18-36-15-27-43(53)57(35)58(36)44)72(38-21-25-40(26-22-38)74(4,5)6)56-32-46(50(62)34-52(56)64)42-12-8-10-14-48(42)60(68,69)70/h7-34H,1-6H3. The second kappa shape index (κ2) is 18.2. The van der Waals surface area contributed by atoms with E-state index in [9.17, 15) is 26.3 Å². The van der Waals surface area contributed by atoms with Crippen molar-refractivity contribution in [1.82, 2.24) is 0 Å². The summed E-state index contributed by atoms with van der Waals surface area (Å²) in [4.78, 5) is 3.13. The molecule has 2 nitrogen and oxygen atoms in total. The van der Waals surface area contributed by atoms with E-state index in [1.54, 1.807) is 46.2 Å². The lowest BCUT2D eigenvalue weighted by atomic mass is 9.91. The molecule has 0 atom stereocenters. The average Bonchev–Trinajstić information content (AvgIpc) is 3.34. The molecule has 0 saturated carbocycles. The molecular formula is C60H46F10N2Si2. The van der Waals surface area contributed by atoms with Crippen LogP contribution in [0, 0.1) is 23.3 Å². The fourth-order valence-electron chi connectivity index (χ4n) is 9.96. The predicted molar refractivity (Wildman–Crippen MR) is 286 cm³/mol. The van der Waals surface area contributed by atoms with E-state index in [0.717, 1.165) is 57.5 Å². The minimum absolute atomic E-state index is 0.225. The maximum Gasteiger partial charge on any atom is 0.417 e. The molecule has 0 heterocycles. The molecule has 74 heavy (non-hydrogen) atoms. The van der Waals surface area contributed by atoms with Crippen LogP contribution in [0.4, 0.5) is 78.0 Å². The van der Waals surface area contributed by atoms with Crippen LogP contribution in [0.3, 0.4) is 0 Å². The van der Waals surface area contributed by atoms with Gasteiger partial charge in [0, 0.05) is 45.4 Å². The molecule has 14 heteroatoms. The summed E-state index contributed by atoms with van der Waals surface area (Å²) in [6.07, 6.45) is -9.71. The molecule has 10 aromatic carbocycles. The molecule has 0 fully saturated rings. The van der Waals surface area contributed by atoms with Gasteiger partial charge in [0.15, 0.2) is 0 Å². The van der Waals surface area contributed by atoms with Gasteiger partial charge in [-0.3, -0.25) is 0 Å². The molecule has 0 saturated heterocycles. The third-order valence-electron chi connectivity index (χ3n) is 13.7. The summed E-state index contributed by atoms with van der Waals surface area (Å²) in [5, 5.41) is 6.10. The summed E-state index contributed by atoms with van der Waals surface area (Å²) < 4.78 is 152. The fraction of sp³-hybridized carbons (Fsp3) is 0.133. The molecule has 0 bridgehead atoms. The first-order valence-corrected chi connectivity index (χ1v) is 30.7.